The molecule has 310 valence electrons. The summed E-state index contributed by atoms with van der Waals surface area (Å²) in [7, 11) is -5.12. The van der Waals surface area contributed by atoms with E-state index >= 15 is 0 Å². The van der Waals surface area contributed by atoms with E-state index in [2.05, 4.69) is 47.7 Å². The van der Waals surface area contributed by atoms with E-state index in [4.69, 9.17) is 14.0 Å². The van der Waals surface area contributed by atoms with Crippen LogP contribution >= 0.6 is 0 Å². The van der Waals surface area contributed by atoms with Crippen LogP contribution in [0.5, 0.6) is 0 Å². The zero-order valence-electron chi connectivity index (χ0n) is 32.2. The van der Waals surface area contributed by atoms with Crippen LogP contribution in [0.15, 0.2) is 36.5 Å². The Labute approximate surface area is 318 Å². The normalized spacial score (nSPS) is 22.9. The van der Waals surface area contributed by atoms with Crippen molar-refractivity contribution < 1.29 is 57.0 Å². The molecule has 1 amide bonds. The number of nitrogens with one attached hydrogen (secondary N) is 1. The van der Waals surface area contributed by atoms with Gasteiger partial charge in [-0.2, -0.15) is 8.42 Å². The molecular weight excluding hydrogens is 706 g/mol. The SMILES string of the molecule is CCCC/C=C\CCCCCCC(O)C(=O)NC(COC1OC(CO)C(O)C(OS(=O)(=O)O)C1O)C(O)/C=C/CC/C=C/CCCCCCCCCC. The number of unbranched alkanes of at least 4 members (excludes halogenated alkanes) is 15. The molecule has 0 bridgehead atoms. The largest absolute Gasteiger partial charge is 0.397 e. The first kappa shape index (κ1) is 49.3. The topological polar surface area (TPSA) is 212 Å². The number of hydrogen-bond acceptors (Lipinski definition) is 11. The molecule has 7 N–H and O–H groups in total. The number of carbonyl (C=O) groups excluding carboxylic acids is 1. The van der Waals surface area contributed by atoms with Crippen molar-refractivity contribution in [3.05, 3.63) is 36.5 Å². The molecule has 14 heteroatoms. The smallest absolute Gasteiger partial charge is 0.394 e. The van der Waals surface area contributed by atoms with Gasteiger partial charge in [0.1, 0.15) is 30.5 Å². The summed E-state index contributed by atoms with van der Waals surface area (Å²) in [6.07, 6.45) is 21.1. The zero-order chi connectivity index (χ0) is 39.3. The van der Waals surface area contributed by atoms with Crippen LogP contribution in [0.1, 0.15) is 142 Å². The Morgan fingerprint density at radius 3 is 1.87 bits per heavy atom. The third kappa shape index (κ3) is 23.7. The van der Waals surface area contributed by atoms with E-state index in [1.165, 1.54) is 63.9 Å². The van der Waals surface area contributed by atoms with Crippen LogP contribution in [0.25, 0.3) is 0 Å². The Kier molecular flexibility index (Phi) is 28.4. The summed E-state index contributed by atoms with van der Waals surface area (Å²) in [6.45, 7) is 3.09. The van der Waals surface area contributed by atoms with Gasteiger partial charge in [-0.25, -0.2) is 4.18 Å². The predicted molar refractivity (Wildman–Crippen MR) is 205 cm³/mol. The van der Waals surface area contributed by atoms with E-state index in [9.17, 15) is 38.7 Å². The molecule has 53 heavy (non-hydrogen) atoms. The molecule has 1 aliphatic heterocycles. The molecular formula is C39H71NO12S. The van der Waals surface area contributed by atoms with Gasteiger partial charge in [0.25, 0.3) is 0 Å². The molecule has 8 atom stereocenters. The van der Waals surface area contributed by atoms with Crippen LogP contribution in [0.2, 0.25) is 0 Å². The molecule has 1 aliphatic rings. The highest BCUT2D eigenvalue weighted by Crippen LogP contribution is 2.26. The van der Waals surface area contributed by atoms with Crippen molar-refractivity contribution in [2.24, 2.45) is 0 Å². The predicted octanol–water partition coefficient (Wildman–Crippen LogP) is 5.35. The number of rotatable bonds is 32. The monoisotopic (exact) mass is 777 g/mol. The van der Waals surface area contributed by atoms with E-state index in [1.807, 2.05) is 0 Å². The minimum Gasteiger partial charge on any atom is -0.394 e. The van der Waals surface area contributed by atoms with Crippen molar-refractivity contribution in [1.29, 1.82) is 0 Å². The Balaban J connectivity index is 2.74. The fourth-order valence-corrected chi connectivity index (χ4v) is 6.49. The maximum atomic E-state index is 13.0. The van der Waals surface area contributed by atoms with E-state index in [0.29, 0.717) is 12.8 Å². The summed E-state index contributed by atoms with van der Waals surface area (Å²) in [6, 6.07) is -1.14. The van der Waals surface area contributed by atoms with Gasteiger partial charge >= 0.3 is 10.4 Å². The average molecular weight is 778 g/mol. The average Bonchev–Trinajstić information content (AvgIpc) is 3.12. The molecule has 0 aliphatic carbocycles. The lowest BCUT2D eigenvalue weighted by Gasteiger charge is -2.41. The maximum Gasteiger partial charge on any atom is 0.397 e. The quantitative estimate of drug-likeness (QED) is 0.0262. The van der Waals surface area contributed by atoms with E-state index in [1.54, 1.807) is 6.08 Å². The summed E-state index contributed by atoms with van der Waals surface area (Å²) < 4.78 is 47.2. The highest BCUT2D eigenvalue weighted by Gasteiger charge is 2.48. The molecule has 0 radical (unpaired) electrons. The van der Waals surface area contributed by atoms with Crippen molar-refractivity contribution in [2.45, 2.75) is 191 Å². The third-order valence-corrected chi connectivity index (χ3v) is 9.72. The summed E-state index contributed by atoms with van der Waals surface area (Å²) in [5, 5.41) is 54.8. The number of ether oxygens (including phenoxy) is 2. The highest BCUT2D eigenvalue weighted by atomic mass is 32.3. The summed E-state index contributed by atoms with van der Waals surface area (Å²) >= 11 is 0. The zero-order valence-corrected chi connectivity index (χ0v) is 33.0. The number of allylic oxidation sites excluding steroid dienone is 5. The summed E-state index contributed by atoms with van der Waals surface area (Å²) in [4.78, 5) is 13.0. The molecule has 0 spiro atoms. The lowest BCUT2D eigenvalue weighted by atomic mass is 9.99. The Hall–Kier alpha value is -1.72. The molecule has 0 aromatic rings. The highest BCUT2D eigenvalue weighted by molar-refractivity contribution is 7.80. The molecule has 1 heterocycles. The van der Waals surface area contributed by atoms with Gasteiger partial charge in [-0.3, -0.25) is 9.35 Å². The number of hydrogen-bond donors (Lipinski definition) is 7. The Morgan fingerprint density at radius 2 is 1.28 bits per heavy atom. The second kappa shape index (κ2) is 30.5. The molecule has 1 rings (SSSR count). The Bertz CT molecular complexity index is 1120. The molecule has 0 aromatic carbocycles. The van der Waals surface area contributed by atoms with Gasteiger partial charge in [0, 0.05) is 0 Å². The lowest BCUT2D eigenvalue weighted by Crippen LogP contribution is -2.61. The number of carbonyl (C=O) groups is 1. The van der Waals surface area contributed by atoms with Crippen molar-refractivity contribution in [2.75, 3.05) is 13.2 Å². The van der Waals surface area contributed by atoms with Crippen LogP contribution in [-0.4, -0.2) is 107 Å². The lowest BCUT2D eigenvalue weighted by molar-refractivity contribution is -0.298. The van der Waals surface area contributed by atoms with Crippen LogP contribution < -0.4 is 5.32 Å². The third-order valence-electron chi connectivity index (χ3n) is 9.25. The molecule has 0 aromatic heterocycles. The second-order valence-corrected chi connectivity index (χ2v) is 15.0. The molecule has 1 fully saturated rings. The van der Waals surface area contributed by atoms with Crippen molar-refractivity contribution in [1.82, 2.24) is 5.32 Å². The van der Waals surface area contributed by atoms with Crippen LogP contribution in [0.3, 0.4) is 0 Å². The second-order valence-electron chi connectivity index (χ2n) is 14.0. The van der Waals surface area contributed by atoms with Gasteiger partial charge in [-0.05, 0) is 51.4 Å². The standard InChI is InChI=1S/C39H71NO12S/c1-3-5-7-9-11-13-15-16-17-18-20-21-23-25-27-32(42)31(40-38(46)33(43)28-26-24-22-19-14-12-10-8-6-4-2)30-50-39-36(45)37(52-53(47,48)49)35(44)34(29-41)51-39/h10,12,18,20,25,27,31-37,39,41-45H,3-9,11,13-17,19,21-24,26,28-30H2,1-2H3,(H,40,46)(H,47,48,49)/b12-10-,20-18+,27-25+. The number of amides is 1. The van der Waals surface area contributed by atoms with Gasteiger partial charge in [0.2, 0.25) is 5.91 Å². The summed E-state index contributed by atoms with van der Waals surface area (Å²) in [5.74, 6) is -0.727. The van der Waals surface area contributed by atoms with Crippen molar-refractivity contribution in [3.63, 3.8) is 0 Å². The van der Waals surface area contributed by atoms with Crippen molar-refractivity contribution in [3.8, 4) is 0 Å². The van der Waals surface area contributed by atoms with Crippen LogP contribution in [0, 0.1) is 0 Å². The summed E-state index contributed by atoms with van der Waals surface area (Å²) in [5.41, 5.74) is 0. The van der Waals surface area contributed by atoms with Crippen molar-refractivity contribution >= 4 is 16.3 Å². The van der Waals surface area contributed by atoms with Gasteiger partial charge in [0.15, 0.2) is 6.29 Å². The minimum absolute atomic E-state index is 0.220. The number of aliphatic hydroxyl groups excluding tert-OH is 5. The maximum absolute atomic E-state index is 13.0. The first-order chi connectivity index (χ1) is 25.4. The van der Waals surface area contributed by atoms with E-state index < -0.39 is 78.5 Å². The molecule has 8 unspecified atom stereocenters. The molecule has 13 nitrogen and oxygen atoms in total. The fourth-order valence-electron chi connectivity index (χ4n) is 5.98. The fraction of sp³-hybridized carbons (Fsp3) is 0.821. The first-order valence-corrected chi connectivity index (χ1v) is 21.3. The van der Waals surface area contributed by atoms with Gasteiger partial charge in [-0.15, -0.1) is 0 Å². The van der Waals surface area contributed by atoms with Crippen LogP contribution in [0.4, 0.5) is 0 Å². The minimum atomic E-state index is -5.12. The molecule has 0 saturated carbocycles. The molecule has 1 saturated heterocycles. The van der Waals surface area contributed by atoms with Gasteiger partial charge < -0.3 is 40.3 Å². The first-order valence-electron chi connectivity index (χ1n) is 20.0. The van der Waals surface area contributed by atoms with Gasteiger partial charge in [0.05, 0.1) is 25.4 Å². The Morgan fingerprint density at radius 1 is 0.755 bits per heavy atom. The van der Waals surface area contributed by atoms with Crippen LogP contribution in [-0.2, 0) is 28.9 Å². The van der Waals surface area contributed by atoms with E-state index in [0.717, 1.165) is 51.4 Å². The van der Waals surface area contributed by atoms with Gasteiger partial charge in [-0.1, -0.05) is 127 Å². The number of aliphatic hydroxyl groups is 5. The van der Waals surface area contributed by atoms with E-state index in [-0.39, 0.29) is 6.42 Å².